The highest BCUT2D eigenvalue weighted by Crippen LogP contribution is 2.15. The highest BCUT2D eigenvalue weighted by Gasteiger charge is 2.20. The number of aromatic nitrogens is 3. The van der Waals surface area contributed by atoms with E-state index in [4.69, 9.17) is 0 Å². The molecule has 29 heavy (non-hydrogen) atoms. The lowest BCUT2D eigenvalue weighted by molar-refractivity contribution is 0.0950. The van der Waals surface area contributed by atoms with E-state index in [1.54, 1.807) is 12.4 Å². The Morgan fingerprint density at radius 3 is 2.41 bits per heavy atom. The molecule has 1 aliphatic rings. The molecule has 1 fully saturated rings. The van der Waals surface area contributed by atoms with E-state index in [0.29, 0.717) is 18.1 Å². The smallest absolute Gasteiger partial charge is 0.254 e. The van der Waals surface area contributed by atoms with Crippen molar-refractivity contribution in [2.75, 3.05) is 36.0 Å². The van der Waals surface area contributed by atoms with Crippen LogP contribution in [-0.2, 0) is 6.54 Å². The minimum absolute atomic E-state index is 0.168. The lowest BCUT2D eigenvalue weighted by Crippen LogP contribution is -2.47. The first kappa shape index (κ1) is 18.9. The van der Waals surface area contributed by atoms with Gasteiger partial charge in [-0.1, -0.05) is 35.9 Å². The van der Waals surface area contributed by atoms with Crippen LogP contribution in [0.3, 0.4) is 0 Å². The van der Waals surface area contributed by atoms with E-state index >= 15 is 0 Å². The zero-order valence-corrected chi connectivity index (χ0v) is 16.5. The number of nitrogens with one attached hydrogen (secondary N) is 1. The molecule has 0 aliphatic carbocycles. The summed E-state index contributed by atoms with van der Waals surface area (Å²) in [5, 5.41) is 2.92. The van der Waals surface area contributed by atoms with Gasteiger partial charge in [0.15, 0.2) is 0 Å². The molecular formula is C22H24N6O. The largest absolute Gasteiger partial charge is 0.353 e. The Morgan fingerprint density at radius 1 is 0.966 bits per heavy atom. The average Bonchev–Trinajstić information content (AvgIpc) is 2.78. The van der Waals surface area contributed by atoms with Crippen LogP contribution in [0, 0.1) is 6.92 Å². The third-order valence-electron chi connectivity index (χ3n) is 4.97. The number of anilines is 2. The highest BCUT2D eigenvalue weighted by atomic mass is 16.1. The number of carbonyl (C=O) groups is 1. The third kappa shape index (κ3) is 4.68. The second kappa shape index (κ2) is 8.68. The van der Waals surface area contributed by atoms with Gasteiger partial charge in [0.05, 0.1) is 5.56 Å². The third-order valence-corrected chi connectivity index (χ3v) is 4.97. The number of aryl methyl sites for hydroxylation is 1. The van der Waals surface area contributed by atoms with Gasteiger partial charge in [0.2, 0.25) is 5.95 Å². The van der Waals surface area contributed by atoms with Gasteiger partial charge in [0.1, 0.15) is 5.82 Å². The Kier molecular flexibility index (Phi) is 5.65. The van der Waals surface area contributed by atoms with Crippen molar-refractivity contribution in [1.29, 1.82) is 0 Å². The summed E-state index contributed by atoms with van der Waals surface area (Å²) in [5.41, 5.74) is 2.71. The predicted molar refractivity (Wildman–Crippen MR) is 113 cm³/mol. The Labute approximate surface area is 170 Å². The van der Waals surface area contributed by atoms with Crippen LogP contribution in [0.15, 0.2) is 61.1 Å². The summed E-state index contributed by atoms with van der Waals surface area (Å²) in [6, 6.07) is 14.0. The summed E-state index contributed by atoms with van der Waals surface area (Å²) in [5.74, 6) is 1.48. The molecule has 1 N–H and O–H groups in total. The second-order valence-corrected chi connectivity index (χ2v) is 7.11. The fraction of sp³-hybridized carbons (Fsp3) is 0.273. The summed E-state index contributed by atoms with van der Waals surface area (Å²) in [6.07, 6.45) is 5.01. The van der Waals surface area contributed by atoms with E-state index in [-0.39, 0.29) is 5.91 Å². The summed E-state index contributed by atoms with van der Waals surface area (Å²) < 4.78 is 0. The van der Waals surface area contributed by atoms with Gasteiger partial charge < -0.3 is 15.1 Å². The molecule has 2 aromatic heterocycles. The fourth-order valence-corrected chi connectivity index (χ4v) is 3.38. The molecule has 0 saturated carbocycles. The Hall–Kier alpha value is -3.48. The molecule has 0 unspecified atom stereocenters. The first-order valence-corrected chi connectivity index (χ1v) is 9.76. The van der Waals surface area contributed by atoms with E-state index < -0.39 is 0 Å². The molecule has 0 spiro atoms. The molecule has 1 aliphatic heterocycles. The minimum atomic E-state index is -0.168. The number of carbonyl (C=O) groups excluding carboxylic acids is 1. The van der Waals surface area contributed by atoms with Crippen molar-refractivity contribution in [3.63, 3.8) is 0 Å². The van der Waals surface area contributed by atoms with Crippen LogP contribution in [-0.4, -0.2) is 47.0 Å². The first-order chi connectivity index (χ1) is 14.2. The van der Waals surface area contributed by atoms with Crippen LogP contribution >= 0.6 is 0 Å². The zero-order valence-electron chi connectivity index (χ0n) is 16.5. The maximum atomic E-state index is 12.4. The number of piperazine rings is 1. The van der Waals surface area contributed by atoms with E-state index in [1.165, 1.54) is 5.56 Å². The van der Waals surface area contributed by atoms with Gasteiger partial charge in [0.25, 0.3) is 5.91 Å². The summed E-state index contributed by atoms with van der Waals surface area (Å²) >= 11 is 0. The molecule has 148 valence electrons. The van der Waals surface area contributed by atoms with Gasteiger partial charge in [-0.3, -0.25) is 4.79 Å². The van der Waals surface area contributed by atoms with Gasteiger partial charge in [-0.05, 0) is 24.6 Å². The number of pyridine rings is 1. The Morgan fingerprint density at radius 2 is 1.72 bits per heavy atom. The van der Waals surface area contributed by atoms with Gasteiger partial charge in [-0.25, -0.2) is 15.0 Å². The summed E-state index contributed by atoms with van der Waals surface area (Å²) in [7, 11) is 0. The van der Waals surface area contributed by atoms with Gasteiger partial charge in [-0.15, -0.1) is 0 Å². The van der Waals surface area contributed by atoms with Crippen molar-refractivity contribution in [1.82, 2.24) is 20.3 Å². The average molecular weight is 388 g/mol. The Balaban J connectivity index is 1.31. The lowest BCUT2D eigenvalue weighted by atomic mass is 10.1. The molecule has 1 saturated heterocycles. The summed E-state index contributed by atoms with van der Waals surface area (Å²) in [4.78, 5) is 30.0. The number of amides is 1. The standard InChI is InChI=1S/C22H24N6O/c1-17-5-4-6-18(13-17)14-24-21(29)19-15-25-22(26-16-19)28-11-9-27(10-12-28)20-7-2-3-8-23-20/h2-8,13,15-16H,9-12,14H2,1H3,(H,24,29). The zero-order chi connectivity index (χ0) is 20.1. The van der Waals surface area contributed by atoms with Crippen molar-refractivity contribution in [2.45, 2.75) is 13.5 Å². The van der Waals surface area contributed by atoms with Gasteiger partial charge in [-0.2, -0.15) is 0 Å². The van der Waals surface area contributed by atoms with Crippen LogP contribution in [0.5, 0.6) is 0 Å². The van der Waals surface area contributed by atoms with E-state index in [9.17, 15) is 4.79 Å². The normalized spacial score (nSPS) is 14.0. The van der Waals surface area contributed by atoms with Crippen LogP contribution in [0.25, 0.3) is 0 Å². The topological polar surface area (TPSA) is 74.2 Å². The van der Waals surface area contributed by atoms with Crippen molar-refractivity contribution in [3.8, 4) is 0 Å². The van der Waals surface area contributed by atoms with Crippen LogP contribution in [0.1, 0.15) is 21.5 Å². The number of hydrogen-bond donors (Lipinski definition) is 1. The van der Waals surface area contributed by atoms with Crippen LogP contribution in [0.2, 0.25) is 0 Å². The summed E-state index contributed by atoms with van der Waals surface area (Å²) in [6.45, 7) is 5.87. The van der Waals surface area contributed by atoms with E-state index in [2.05, 4.69) is 36.1 Å². The molecule has 1 amide bonds. The number of nitrogens with zero attached hydrogens (tertiary/aromatic N) is 5. The molecule has 3 aromatic rings. The molecule has 0 atom stereocenters. The van der Waals surface area contributed by atoms with Crippen molar-refractivity contribution in [2.24, 2.45) is 0 Å². The quantitative estimate of drug-likeness (QED) is 0.724. The number of rotatable bonds is 5. The van der Waals surface area contributed by atoms with E-state index in [0.717, 1.165) is 37.6 Å². The molecule has 0 bridgehead atoms. The second-order valence-electron chi connectivity index (χ2n) is 7.11. The fourth-order valence-electron chi connectivity index (χ4n) is 3.38. The SMILES string of the molecule is Cc1cccc(CNC(=O)c2cnc(N3CCN(c4ccccn4)CC3)nc2)c1. The molecule has 0 radical (unpaired) electrons. The van der Waals surface area contributed by atoms with Gasteiger partial charge >= 0.3 is 0 Å². The van der Waals surface area contributed by atoms with Crippen molar-refractivity contribution in [3.05, 3.63) is 77.7 Å². The van der Waals surface area contributed by atoms with Crippen LogP contribution in [0.4, 0.5) is 11.8 Å². The van der Waals surface area contributed by atoms with Crippen molar-refractivity contribution >= 4 is 17.7 Å². The van der Waals surface area contributed by atoms with Gasteiger partial charge in [0, 0.05) is 51.3 Å². The van der Waals surface area contributed by atoms with E-state index in [1.807, 2.05) is 49.5 Å². The molecule has 7 heteroatoms. The molecule has 1 aromatic carbocycles. The number of benzene rings is 1. The lowest BCUT2D eigenvalue weighted by Gasteiger charge is -2.35. The number of hydrogen-bond acceptors (Lipinski definition) is 6. The monoisotopic (exact) mass is 388 g/mol. The minimum Gasteiger partial charge on any atom is -0.353 e. The Bertz CT molecular complexity index is 953. The van der Waals surface area contributed by atoms with Crippen LogP contribution < -0.4 is 15.1 Å². The molecular weight excluding hydrogens is 364 g/mol. The molecule has 3 heterocycles. The first-order valence-electron chi connectivity index (χ1n) is 9.76. The highest BCUT2D eigenvalue weighted by molar-refractivity contribution is 5.93. The predicted octanol–water partition coefficient (Wildman–Crippen LogP) is 2.44. The maximum Gasteiger partial charge on any atom is 0.254 e. The molecule has 4 rings (SSSR count). The molecule has 7 nitrogen and oxygen atoms in total. The van der Waals surface area contributed by atoms with Crippen molar-refractivity contribution < 1.29 is 4.79 Å². The maximum absolute atomic E-state index is 12.4.